The first-order valence-corrected chi connectivity index (χ1v) is 8.32. The van der Waals surface area contributed by atoms with Crippen LogP contribution in [-0.4, -0.2) is 19.8 Å². The summed E-state index contributed by atoms with van der Waals surface area (Å²) >= 11 is 0. The molecule has 0 bridgehead atoms. The van der Waals surface area contributed by atoms with E-state index in [-0.39, 0.29) is 0 Å². The van der Waals surface area contributed by atoms with Crippen molar-refractivity contribution in [3.8, 4) is 11.5 Å². The number of ether oxygens (including phenoxy) is 2. The van der Waals surface area contributed by atoms with Crippen molar-refractivity contribution in [1.29, 1.82) is 0 Å². The molecule has 0 aliphatic heterocycles. The van der Waals surface area contributed by atoms with Gasteiger partial charge < -0.3 is 14.8 Å². The van der Waals surface area contributed by atoms with Crippen molar-refractivity contribution in [3.05, 3.63) is 23.8 Å². The molecule has 0 radical (unpaired) electrons. The first kappa shape index (κ1) is 16.2. The Kier molecular flexibility index (Phi) is 6.37. The quantitative estimate of drug-likeness (QED) is 0.785. The third-order valence-corrected chi connectivity index (χ3v) is 4.29. The van der Waals surface area contributed by atoms with E-state index in [0.717, 1.165) is 18.0 Å². The van der Waals surface area contributed by atoms with Crippen LogP contribution in [0.15, 0.2) is 18.2 Å². The van der Waals surface area contributed by atoms with E-state index in [1.54, 1.807) is 7.11 Å². The van der Waals surface area contributed by atoms with E-state index < -0.39 is 0 Å². The summed E-state index contributed by atoms with van der Waals surface area (Å²) in [7, 11) is 1.71. The number of methoxy groups -OCH3 is 1. The van der Waals surface area contributed by atoms with Gasteiger partial charge in [-0.2, -0.15) is 0 Å². The van der Waals surface area contributed by atoms with Crippen LogP contribution in [0.4, 0.5) is 0 Å². The molecule has 3 nitrogen and oxygen atoms in total. The van der Waals surface area contributed by atoms with Crippen molar-refractivity contribution >= 4 is 0 Å². The number of hydrogen-bond donors (Lipinski definition) is 1. The van der Waals surface area contributed by atoms with E-state index in [4.69, 9.17) is 9.47 Å². The fraction of sp³-hybridized carbons (Fsp3) is 0.667. The summed E-state index contributed by atoms with van der Waals surface area (Å²) < 4.78 is 11.7. The van der Waals surface area contributed by atoms with Crippen LogP contribution in [0, 0.1) is 0 Å². The molecule has 1 aliphatic carbocycles. The molecule has 0 aromatic heterocycles. The minimum atomic E-state index is 0.293. The lowest BCUT2D eigenvalue weighted by molar-refractivity contribution is 0.180. The van der Waals surface area contributed by atoms with E-state index in [0.29, 0.717) is 12.1 Å². The zero-order valence-electron chi connectivity index (χ0n) is 13.7. The fourth-order valence-electron chi connectivity index (χ4n) is 3.06. The van der Waals surface area contributed by atoms with Gasteiger partial charge in [0.05, 0.1) is 13.2 Å². The normalized spacial score (nSPS) is 18.0. The molecule has 0 spiro atoms. The Labute approximate surface area is 129 Å². The van der Waals surface area contributed by atoms with Gasteiger partial charge in [-0.05, 0) is 45.2 Å². The summed E-state index contributed by atoms with van der Waals surface area (Å²) in [4.78, 5) is 0. The molecular formula is C18H29NO2. The van der Waals surface area contributed by atoms with Crippen LogP contribution < -0.4 is 14.8 Å². The van der Waals surface area contributed by atoms with Gasteiger partial charge in [0.1, 0.15) is 11.5 Å². The minimum absolute atomic E-state index is 0.293. The van der Waals surface area contributed by atoms with Gasteiger partial charge in [-0.3, -0.25) is 0 Å². The average molecular weight is 291 g/mol. The average Bonchev–Trinajstić information content (AvgIpc) is 2.76. The maximum atomic E-state index is 6.36. The van der Waals surface area contributed by atoms with Gasteiger partial charge in [0.25, 0.3) is 0 Å². The highest BCUT2D eigenvalue weighted by molar-refractivity contribution is 5.42. The molecule has 1 aliphatic rings. The summed E-state index contributed by atoms with van der Waals surface area (Å²) in [5.41, 5.74) is 1.22. The van der Waals surface area contributed by atoms with Gasteiger partial charge in [0.15, 0.2) is 0 Å². The molecule has 0 heterocycles. The topological polar surface area (TPSA) is 30.5 Å². The highest BCUT2D eigenvalue weighted by Gasteiger charge is 2.18. The van der Waals surface area contributed by atoms with Crippen LogP contribution in [0.25, 0.3) is 0 Å². The van der Waals surface area contributed by atoms with Crippen LogP contribution in [0.2, 0.25) is 0 Å². The molecule has 1 N–H and O–H groups in total. The molecule has 1 aromatic rings. The number of benzene rings is 1. The van der Waals surface area contributed by atoms with Gasteiger partial charge in [-0.25, -0.2) is 0 Å². The lowest BCUT2D eigenvalue weighted by atomic mass is 10.1. The van der Waals surface area contributed by atoms with Crippen LogP contribution in [0.5, 0.6) is 11.5 Å². The molecule has 1 fully saturated rings. The SMILES string of the molecule is CCNC(C)c1ccc(OC)cc1OC1CCCCCC1. The summed E-state index contributed by atoms with van der Waals surface area (Å²) in [5.74, 6) is 1.85. The van der Waals surface area contributed by atoms with Crippen LogP contribution in [0.3, 0.4) is 0 Å². The first-order valence-electron chi connectivity index (χ1n) is 8.32. The van der Waals surface area contributed by atoms with Crippen molar-refractivity contribution < 1.29 is 9.47 Å². The zero-order chi connectivity index (χ0) is 15.1. The van der Waals surface area contributed by atoms with Crippen LogP contribution >= 0.6 is 0 Å². The second-order valence-electron chi connectivity index (χ2n) is 5.91. The van der Waals surface area contributed by atoms with E-state index in [2.05, 4.69) is 25.2 Å². The van der Waals surface area contributed by atoms with Crippen LogP contribution in [-0.2, 0) is 0 Å². The summed E-state index contributed by atoms with van der Waals surface area (Å²) in [6, 6.07) is 6.47. The van der Waals surface area contributed by atoms with Crippen molar-refractivity contribution in [2.75, 3.05) is 13.7 Å². The number of nitrogens with one attached hydrogen (secondary N) is 1. The van der Waals surface area contributed by atoms with E-state index in [1.807, 2.05) is 12.1 Å². The molecule has 1 unspecified atom stereocenters. The van der Waals surface area contributed by atoms with Gasteiger partial charge in [0, 0.05) is 17.7 Å². The monoisotopic (exact) mass is 291 g/mol. The summed E-state index contributed by atoms with van der Waals surface area (Å²) in [6.07, 6.45) is 7.96. The summed E-state index contributed by atoms with van der Waals surface area (Å²) in [6.45, 7) is 5.27. The summed E-state index contributed by atoms with van der Waals surface area (Å²) in [5, 5.41) is 3.47. The van der Waals surface area contributed by atoms with E-state index in [1.165, 1.54) is 44.1 Å². The number of rotatable bonds is 6. The second kappa shape index (κ2) is 8.28. The molecule has 0 amide bonds. The van der Waals surface area contributed by atoms with Gasteiger partial charge >= 0.3 is 0 Å². The molecule has 1 atom stereocenters. The maximum absolute atomic E-state index is 6.36. The largest absolute Gasteiger partial charge is 0.497 e. The Morgan fingerprint density at radius 1 is 1.19 bits per heavy atom. The molecule has 21 heavy (non-hydrogen) atoms. The Morgan fingerprint density at radius 3 is 2.52 bits per heavy atom. The third kappa shape index (κ3) is 4.63. The Hall–Kier alpha value is -1.22. The molecular weight excluding hydrogens is 262 g/mol. The third-order valence-electron chi connectivity index (χ3n) is 4.29. The lowest BCUT2D eigenvalue weighted by Crippen LogP contribution is -2.21. The van der Waals surface area contributed by atoms with Gasteiger partial charge in [-0.15, -0.1) is 0 Å². The van der Waals surface area contributed by atoms with Gasteiger partial charge in [-0.1, -0.05) is 25.8 Å². The predicted octanol–water partition coefficient (Wildman–Crippen LogP) is 4.47. The smallest absolute Gasteiger partial charge is 0.128 e. The maximum Gasteiger partial charge on any atom is 0.128 e. The molecule has 1 aromatic carbocycles. The second-order valence-corrected chi connectivity index (χ2v) is 5.91. The molecule has 2 rings (SSSR count). The standard InChI is InChI=1S/C18H29NO2/c1-4-19-14(2)17-12-11-16(20-3)13-18(17)21-15-9-7-5-6-8-10-15/h11-15,19H,4-10H2,1-3H3. The predicted molar refractivity (Wildman–Crippen MR) is 87.2 cm³/mol. The zero-order valence-corrected chi connectivity index (χ0v) is 13.7. The van der Waals surface area contributed by atoms with Crippen molar-refractivity contribution in [3.63, 3.8) is 0 Å². The Balaban J connectivity index is 2.17. The Morgan fingerprint density at radius 2 is 1.90 bits per heavy atom. The van der Waals surface area contributed by atoms with Crippen molar-refractivity contribution in [2.45, 2.75) is 64.5 Å². The number of hydrogen-bond acceptors (Lipinski definition) is 3. The highest BCUT2D eigenvalue weighted by Crippen LogP contribution is 2.32. The Bertz CT molecular complexity index is 425. The molecule has 3 heteroatoms. The first-order chi connectivity index (χ1) is 10.2. The lowest BCUT2D eigenvalue weighted by Gasteiger charge is -2.23. The minimum Gasteiger partial charge on any atom is -0.497 e. The molecule has 0 saturated heterocycles. The van der Waals surface area contributed by atoms with Crippen molar-refractivity contribution in [1.82, 2.24) is 5.32 Å². The van der Waals surface area contributed by atoms with Crippen LogP contribution in [0.1, 0.15) is 64.0 Å². The van der Waals surface area contributed by atoms with Crippen molar-refractivity contribution in [2.24, 2.45) is 0 Å². The molecule has 1 saturated carbocycles. The van der Waals surface area contributed by atoms with E-state index >= 15 is 0 Å². The fourth-order valence-corrected chi connectivity index (χ4v) is 3.06. The van der Waals surface area contributed by atoms with E-state index in [9.17, 15) is 0 Å². The van der Waals surface area contributed by atoms with Gasteiger partial charge in [0.2, 0.25) is 0 Å². The molecule has 118 valence electrons. The highest BCUT2D eigenvalue weighted by atomic mass is 16.5.